The van der Waals surface area contributed by atoms with E-state index in [9.17, 15) is 13.2 Å². The summed E-state index contributed by atoms with van der Waals surface area (Å²) in [6.45, 7) is 3.79. The minimum Gasteiger partial charge on any atom is -0.204 e. The van der Waals surface area contributed by atoms with Gasteiger partial charge in [0.05, 0.1) is 0 Å². The van der Waals surface area contributed by atoms with Crippen LogP contribution in [0, 0.1) is 35.2 Å². The molecule has 0 saturated heterocycles. The van der Waals surface area contributed by atoms with Crippen molar-refractivity contribution < 1.29 is 13.2 Å². The van der Waals surface area contributed by atoms with Crippen LogP contribution < -0.4 is 0 Å². The Balaban J connectivity index is 1.43. The van der Waals surface area contributed by atoms with E-state index in [4.69, 9.17) is 0 Å². The maximum Gasteiger partial charge on any atom is 0.194 e. The molecule has 0 nitrogen and oxygen atoms in total. The normalized spacial score (nSPS) is 28.9. The fourth-order valence-electron chi connectivity index (χ4n) is 5.40. The summed E-state index contributed by atoms with van der Waals surface area (Å²) in [6, 6.07) is 2.39. The van der Waals surface area contributed by atoms with Crippen LogP contribution >= 0.6 is 0 Å². The van der Waals surface area contributed by atoms with E-state index in [0.717, 1.165) is 49.9 Å². The van der Waals surface area contributed by atoms with Crippen LogP contribution in [-0.4, -0.2) is 0 Å². The average molecular weight is 379 g/mol. The Bertz CT molecular complexity index is 585. The van der Waals surface area contributed by atoms with Crippen molar-refractivity contribution in [2.75, 3.05) is 0 Å². The number of allylic oxidation sites excluding steroid dienone is 1. The monoisotopic (exact) mass is 378 g/mol. The minimum atomic E-state index is -1.35. The molecule has 2 aliphatic rings. The first-order valence-electron chi connectivity index (χ1n) is 10.8. The zero-order chi connectivity index (χ0) is 19.2. The third kappa shape index (κ3) is 5.39. The summed E-state index contributed by atoms with van der Waals surface area (Å²) < 4.78 is 40.2. The lowest BCUT2D eigenvalue weighted by atomic mass is 9.68. The van der Waals surface area contributed by atoms with Gasteiger partial charge in [0.1, 0.15) is 0 Å². The molecule has 0 aliphatic heterocycles. The topological polar surface area (TPSA) is 0 Å². The summed E-state index contributed by atoms with van der Waals surface area (Å²) in [5, 5.41) is 0. The summed E-state index contributed by atoms with van der Waals surface area (Å²) >= 11 is 0. The van der Waals surface area contributed by atoms with Crippen molar-refractivity contribution in [2.24, 2.45) is 17.8 Å². The van der Waals surface area contributed by atoms with Crippen molar-refractivity contribution >= 4 is 0 Å². The molecule has 0 bridgehead atoms. The van der Waals surface area contributed by atoms with Crippen molar-refractivity contribution in [1.29, 1.82) is 0 Å². The Morgan fingerprint density at radius 2 is 1.37 bits per heavy atom. The number of rotatable bonds is 7. The Hall–Kier alpha value is -1.25. The average Bonchev–Trinajstić information content (AvgIpc) is 2.70. The van der Waals surface area contributed by atoms with E-state index in [2.05, 4.69) is 6.58 Å². The molecule has 0 atom stereocenters. The zero-order valence-corrected chi connectivity index (χ0v) is 16.4. The maximum absolute atomic E-state index is 13.5. The summed E-state index contributed by atoms with van der Waals surface area (Å²) in [4.78, 5) is 0. The first-order valence-corrected chi connectivity index (χ1v) is 10.8. The highest BCUT2D eigenvalue weighted by Crippen LogP contribution is 2.44. The fraction of sp³-hybridized carbons (Fsp3) is 0.667. The number of unbranched alkanes of at least 4 members (excludes halogenated alkanes) is 2. The molecule has 3 heteroatoms. The molecule has 0 heterocycles. The first kappa shape index (κ1) is 20.5. The minimum absolute atomic E-state index is 0.173. The van der Waals surface area contributed by atoms with Crippen LogP contribution in [0.1, 0.15) is 88.5 Å². The molecule has 0 spiro atoms. The van der Waals surface area contributed by atoms with Crippen LogP contribution in [0.15, 0.2) is 24.8 Å². The standard InChI is InChI=1S/C24H33F3/c1-2-3-4-5-6-17-7-9-18(10-8-17)19-11-13-20(14-12-19)21-15-22(25)24(27)23(26)16-21/h2,15-20H,1,3-14H2. The second kappa shape index (κ2) is 9.80. The molecule has 0 amide bonds. The molecule has 2 aliphatic carbocycles. The largest absolute Gasteiger partial charge is 0.204 e. The predicted octanol–water partition coefficient (Wildman–Crippen LogP) is 7.93. The summed E-state index contributed by atoms with van der Waals surface area (Å²) in [7, 11) is 0. The lowest BCUT2D eigenvalue weighted by molar-refractivity contribution is 0.155. The van der Waals surface area contributed by atoms with E-state index < -0.39 is 17.5 Å². The molecule has 0 unspecified atom stereocenters. The zero-order valence-electron chi connectivity index (χ0n) is 16.4. The molecule has 2 fully saturated rings. The molecule has 3 rings (SSSR count). The van der Waals surface area contributed by atoms with Crippen molar-refractivity contribution in [3.63, 3.8) is 0 Å². The van der Waals surface area contributed by atoms with Crippen LogP contribution in [0.2, 0.25) is 0 Å². The quantitative estimate of drug-likeness (QED) is 0.257. The van der Waals surface area contributed by atoms with Crippen LogP contribution in [0.4, 0.5) is 13.2 Å². The highest BCUT2D eigenvalue weighted by molar-refractivity contribution is 5.23. The summed E-state index contributed by atoms with van der Waals surface area (Å²) in [5.74, 6) is -0.791. The summed E-state index contributed by atoms with van der Waals surface area (Å²) in [6.07, 6.45) is 16.8. The second-order valence-electron chi connectivity index (χ2n) is 8.76. The van der Waals surface area contributed by atoms with E-state index >= 15 is 0 Å². The van der Waals surface area contributed by atoms with Gasteiger partial charge >= 0.3 is 0 Å². The van der Waals surface area contributed by atoms with Crippen molar-refractivity contribution in [1.82, 2.24) is 0 Å². The maximum atomic E-state index is 13.5. The number of hydrogen-bond donors (Lipinski definition) is 0. The number of halogens is 3. The summed E-state index contributed by atoms with van der Waals surface area (Å²) in [5.41, 5.74) is 0.632. The Morgan fingerprint density at radius 1 is 0.815 bits per heavy atom. The van der Waals surface area contributed by atoms with E-state index in [-0.39, 0.29) is 5.92 Å². The van der Waals surface area contributed by atoms with Gasteiger partial charge in [-0.15, -0.1) is 6.58 Å². The lowest BCUT2D eigenvalue weighted by Gasteiger charge is -2.38. The van der Waals surface area contributed by atoms with Gasteiger partial charge < -0.3 is 0 Å². The van der Waals surface area contributed by atoms with Crippen molar-refractivity contribution in [2.45, 2.75) is 83.0 Å². The predicted molar refractivity (Wildman–Crippen MR) is 105 cm³/mol. The van der Waals surface area contributed by atoms with Gasteiger partial charge in [0.2, 0.25) is 0 Å². The van der Waals surface area contributed by atoms with Gasteiger partial charge in [-0.2, -0.15) is 0 Å². The number of hydrogen-bond acceptors (Lipinski definition) is 0. The van der Waals surface area contributed by atoms with Crippen LogP contribution in [0.5, 0.6) is 0 Å². The van der Waals surface area contributed by atoms with Gasteiger partial charge in [-0.05, 0) is 92.7 Å². The van der Waals surface area contributed by atoms with Crippen molar-refractivity contribution in [3.8, 4) is 0 Å². The van der Waals surface area contributed by atoms with Gasteiger partial charge in [0.15, 0.2) is 17.5 Å². The van der Waals surface area contributed by atoms with Gasteiger partial charge in [-0.1, -0.05) is 31.8 Å². The van der Waals surface area contributed by atoms with E-state index in [1.807, 2.05) is 6.08 Å². The molecule has 27 heavy (non-hydrogen) atoms. The third-order valence-electron chi connectivity index (χ3n) is 7.08. The van der Waals surface area contributed by atoms with Crippen LogP contribution in [0.3, 0.4) is 0 Å². The second-order valence-corrected chi connectivity index (χ2v) is 8.76. The van der Waals surface area contributed by atoms with E-state index in [1.165, 1.54) is 57.1 Å². The van der Waals surface area contributed by atoms with Gasteiger partial charge in [-0.25, -0.2) is 13.2 Å². The van der Waals surface area contributed by atoms with Crippen molar-refractivity contribution in [3.05, 3.63) is 47.8 Å². The molecule has 1 aromatic rings. The smallest absolute Gasteiger partial charge is 0.194 e. The lowest BCUT2D eigenvalue weighted by Crippen LogP contribution is -2.25. The highest BCUT2D eigenvalue weighted by Gasteiger charge is 2.31. The van der Waals surface area contributed by atoms with Gasteiger partial charge in [0, 0.05) is 0 Å². The van der Waals surface area contributed by atoms with Crippen LogP contribution in [-0.2, 0) is 0 Å². The molecule has 1 aromatic carbocycles. The molecule has 150 valence electrons. The van der Waals surface area contributed by atoms with Gasteiger partial charge in [0.25, 0.3) is 0 Å². The van der Waals surface area contributed by atoms with E-state index in [0.29, 0.717) is 5.56 Å². The Labute approximate surface area is 162 Å². The molecule has 0 aromatic heterocycles. The molecule has 0 N–H and O–H groups in total. The first-order chi connectivity index (χ1) is 13.1. The highest BCUT2D eigenvalue weighted by atomic mass is 19.2. The Kier molecular flexibility index (Phi) is 7.43. The Morgan fingerprint density at radius 3 is 1.93 bits per heavy atom. The molecule has 0 radical (unpaired) electrons. The van der Waals surface area contributed by atoms with Crippen LogP contribution in [0.25, 0.3) is 0 Å². The SMILES string of the molecule is C=CCCCCC1CCC(C2CCC(c3cc(F)c(F)c(F)c3)CC2)CC1. The fourth-order valence-corrected chi connectivity index (χ4v) is 5.40. The molecule has 2 saturated carbocycles. The molecular formula is C24H33F3. The van der Waals surface area contributed by atoms with E-state index in [1.54, 1.807) is 0 Å². The van der Waals surface area contributed by atoms with Gasteiger partial charge in [-0.3, -0.25) is 0 Å². The molecular weight excluding hydrogens is 345 g/mol. The number of benzene rings is 1. The third-order valence-corrected chi connectivity index (χ3v) is 7.08.